The number of amides is 2. The summed E-state index contributed by atoms with van der Waals surface area (Å²) in [6, 6.07) is 15.5. The van der Waals surface area contributed by atoms with E-state index in [-0.39, 0.29) is 12.7 Å². The molecule has 3 aromatic carbocycles. The number of halogens is 2. The number of rotatable bonds is 4. The third kappa shape index (κ3) is 3.72. The Bertz CT molecular complexity index is 1500. The molecule has 0 saturated carbocycles. The van der Waals surface area contributed by atoms with Gasteiger partial charge in [-0.25, -0.2) is 13.6 Å². The predicted octanol–water partition coefficient (Wildman–Crippen LogP) is 5.45. The maximum atomic E-state index is 13.6. The van der Waals surface area contributed by atoms with Gasteiger partial charge in [-0.1, -0.05) is 17.3 Å². The van der Waals surface area contributed by atoms with Crippen molar-refractivity contribution >= 4 is 17.3 Å². The first-order valence-corrected chi connectivity index (χ1v) is 11.0. The van der Waals surface area contributed by atoms with E-state index in [2.05, 4.69) is 15.5 Å². The van der Waals surface area contributed by atoms with Crippen molar-refractivity contribution in [2.75, 3.05) is 11.7 Å². The molecule has 1 unspecified atom stereocenters. The van der Waals surface area contributed by atoms with E-state index in [0.717, 1.165) is 0 Å². The van der Waals surface area contributed by atoms with Gasteiger partial charge in [0.05, 0.1) is 17.3 Å². The molecule has 0 radical (unpaired) electrons. The van der Waals surface area contributed by atoms with E-state index in [1.54, 1.807) is 37.3 Å². The first-order chi connectivity index (χ1) is 17.5. The molecule has 180 valence electrons. The summed E-state index contributed by atoms with van der Waals surface area (Å²) in [6.45, 7) is 1.87. The highest BCUT2D eigenvalue weighted by Gasteiger charge is 2.36. The number of urea groups is 1. The van der Waals surface area contributed by atoms with Gasteiger partial charge in [0.2, 0.25) is 12.6 Å². The molecule has 1 atom stereocenters. The first kappa shape index (κ1) is 21.8. The zero-order chi connectivity index (χ0) is 24.8. The number of aromatic nitrogens is 2. The maximum Gasteiger partial charge on any atom is 0.326 e. The fourth-order valence-corrected chi connectivity index (χ4v) is 4.31. The van der Waals surface area contributed by atoms with Crippen LogP contribution in [0.2, 0.25) is 0 Å². The molecule has 1 aromatic heterocycles. The van der Waals surface area contributed by atoms with Gasteiger partial charge in [0.1, 0.15) is 11.6 Å². The van der Waals surface area contributed by atoms with Crippen molar-refractivity contribution in [2.45, 2.75) is 13.0 Å². The number of ether oxygens (including phenoxy) is 2. The lowest BCUT2D eigenvalue weighted by atomic mass is 9.94. The van der Waals surface area contributed by atoms with Gasteiger partial charge in [0.15, 0.2) is 11.5 Å². The molecule has 2 aliphatic rings. The van der Waals surface area contributed by atoms with Crippen LogP contribution in [0.25, 0.3) is 17.0 Å². The second-order valence-electron chi connectivity index (χ2n) is 8.24. The van der Waals surface area contributed by atoms with Crippen LogP contribution >= 0.6 is 0 Å². The first-order valence-electron chi connectivity index (χ1n) is 11.0. The number of benzene rings is 3. The molecular weight excluding hydrogens is 470 g/mol. The van der Waals surface area contributed by atoms with Crippen LogP contribution in [0.1, 0.15) is 24.4 Å². The summed E-state index contributed by atoms with van der Waals surface area (Å²) in [4.78, 5) is 19.2. The minimum Gasteiger partial charge on any atom is -0.454 e. The molecule has 3 heterocycles. The van der Waals surface area contributed by atoms with Crippen LogP contribution in [0.4, 0.5) is 19.3 Å². The van der Waals surface area contributed by atoms with Crippen molar-refractivity contribution in [1.29, 1.82) is 0 Å². The lowest BCUT2D eigenvalue weighted by Crippen LogP contribution is -2.46. The molecule has 0 spiro atoms. The van der Waals surface area contributed by atoms with E-state index < -0.39 is 23.7 Å². The average Bonchev–Trinajstić information content (AvgIpc) is 3.55. The Morgan fingerprint density at radius 2 is 1.64 bits per heavy atom. The topological polar surface area (TPSA) is 89.7 Å². The number of carbonyl (C=O) groups is 1. The van der Waals surface area contributed by atoms with Gasteiger partial charge in [-0.2, -0.15) is 4.98 Å². The van der Waals surface area contributed by atoms with E-state index in [1.807, 2.05) is 0 Å². The van der Waals surface area contributed by atoms with Crippen molar-refractivity contribution < 1.29 is 27.6 Å². The van der Waals surface area contributed by atoms with Crippen LogP contribution in [0, 0.1) is 11.6 Å². The Hall–Kier alpha value is -4.73. The third-order valence-electron chi connectivity index (χ3n) is 6.06. The van der Waals surface area contributed by atoms with E-state index >= 15 is 0 Å². The summed E-state index contributed by atoms with van der Waals surface area (Å²) in [5.41, 5.74) is 2.75. The molecule has 0 fully saturated rings. The summed E-state index contributed by atoms with van der Waals surface area (Å²) >= 11 is 0. The lowest BCUT2D eigenvalue weighted by molar-refractivity contribution is 0.174. The minimum atomic E-state index is -0.695. The van der Waals surface area contributed by atoms with Crippen LogP contribution in [0.3, 0.4) is 0 Å². The minimum absolute atomic E-state index is 0.140. The third-order valence-corrected chi connectivity index (χ3v) is 6.06. The summed E-state index contributed by atoms with van der Waals surface area (Å²) in [6.07, 6.45) is 0. The highest BCUT2D eigenvalue weighted by molar-refractivity contribution is 6.01. The Morgan fingerprint density at radius 3 is 2.39 bits per heavy atom. The van der Waals surface area contributed by atoms with Gasteiger partial charge in [-0.3, -0.25) is 4.90 Å². The quantitative estimate of drug-likeness (QED) is 0.411. The van der Waals surface area contributed by atoms with Gasteiger partial charge in [-0.15, -0.1) is 0 Å². The summed E-state index contributed by atoms with van der Waals surface area (Å²) in [7, 11) is 0. The SMILES string of the molecule is CC1=C(c2nc(-c3ccc4c(c3)OCO4)no2)C(c2ccc(F)cc2)NC(=O)N1c1ccc(F)cc1. The second kappa shape index (κ2) is 8.49. The summed E-state index contributed by atoms with van der Waals surface area (Å²) < 4.78 is 43.6. The molecular formula is C26H18F2N4O4. The number of hydrogen-bond donors (Lipinski definition) is 1. The molecule has 4 aromatic rings. The largest absolute Gasteiger partial charge is 0.454 e. The lowest BCUT2D eigenvalue weighted by Gasteiger charge is -2.35. The average molecular weight is 488 g/mol. The molecule has 0 bridgehead atoms. The van der Waals surface area contributed by atoms with Crippen molar-refractivity contribution in [3.63, 3.8) is 0 Å². The zero-order valence-corrected chi connectivity index (χ0v) is 18.9. The van der Waals surface area contributed by atoms with Crippen molar-refractivity contribution in [2.24, 2.45) is 0 Å². The van der Waals surface area contributed by atoms with E-state index in [9.17, 15) is 13.6 Å². The van der Waals surface area contributed by atoms with Crippen LogP contribution in [0.5, 0.6) is 11.5 Å². The normalized spacial score (nSPS) is 16.9. The zero-order valence-electron chi connectivity index (χ0n) is 18.9. The standard InChI is InChI=1S/C26H18F2N4O4/c1-14-22(25-30-24(31-36-25)16-4-11-20-21(12-16)35-13-34-20)23(15-2-5-17(27)6-3-15)29-26(33)32(14)19-9-7-18(28)8-10-19/h2-12,23H,13H2,1H3,(H,29,33). The molecule has 6 rings (SSSR count). The van der Waals surface area contributed by atoms with E-state index in [1.165, 1.54) is 41.3 Å². The number of hydrogen-bond acceptors (Lipinski definition) is 6. The monoisotopic (exact) mass is 488 g/mol. The number of anilines is 1. The summed E-state index contributed by atoms with van der Waals surface area (Å²) in [5, 5.41) is 7.06. The number of carbonyl (C=O) groups excluding carboxylic acids is 1. The highest BCUT2D eigenvalue weighted by atomic mass is 19.1. The van der Waals surface area contributed by atoms with Gasteiger partial charge in [0, 0.05) is 11.3 Å². The Balaban J connectivity index is 1.46. The second-order valence-corrected chi connectivity index (χ2v) is 8.24. The fourth-order valence-electron chi connectivity index (χ4n) is 4.31. The molecule has 0 saturated heterocycles. The van der Waals surface area contributed by atoms with Gasteiger partial charge in [-0.05, 0) is 67.1 Å². The molecule has 36 heavy (non-hydrogen) atoms. The van der Waals surface area contributed by atoms with E-state index in [0.29, 0.717) is 45.4 Å². The van der Waals surface area contributed by atoms with Crippen molar-refractivity contribution in [1.82, 2.24) is 15.5 Å². The molecule has 2 amide bonds. The predicted molar refractivity (Wildman–Crippen MR) is 125 cm³/mol. The van der Waals surface area contributed by atoms with Crippen molar-refractivity contribution in [3.8, 4) is 22.9 Å². The van der Waals surface area contributed by atoms with Crippen LogP contribution in [-0.4, -0.2) is 23.0 Å². The molecule has 8 nitrogen and oxygen atoms in total. The van der Waals surface area contributed by atoms with Gasteiger partial charge in [0.25, 0.3) is 5.89 Å². The Morgan fingerprint density at radius 1 is 0.944 bits per heavy atom. The highest BCUT2D eigenvalue weighted by Crippen LogP contribution is 2.40. The van der Waals surface area contributed by atoms with Crippen molar-refractivity contribution in [3.05, 3.63) is 95.5 Å². The van der Waals surface area contributed by atoms with E-state index in [4.69, 9.17) is 14.0 Å². The molecule has 1 N–H and O–H groups in total. The summed E-state index contributed by atoms with van der Waals surface area (Å²) in [5.74, 6) is 0.855. The maximum absolute atomic E-state index is 13.6. The number of fused-ring (bicyclic) bond motifs is 1. The van der Waals surface area contributed by atoms with Gasteiger partial charge >= 0.3 is 6.03 Å². The number of allylic oxidation sites excluding steroid dienone is 1. The Labute approximate surface area is 203 Å². The fraction of sp³-hybridized carbons (Fsp3) is 0.115. The Kier molecular flexibility index (Phi) is 5.14. The van der Waals surface area contributed by atoms with Gasteiger partial charge < -0.3 is 19.3 Å². The number of nitrogens with one attached hydrogen (secondary N) is 1. The van der Waals surface area contributed by atoms with Crippen LogP contribution < -0.4 is 19.7 Å². The number of nitrogens with zero attached hydrogens (tertiary/aromatic N) is 3. The molecule has 10 heteroatoms. The van der Waals surface area contributed by atoms with Crippen LogP contribution in [-0.2, 0) is 0 Å². The molecule has 2 aliphatic heterocycles. The smallest absolute Gasteiger partial charge is 0.326 e. The van der Waals surface area contributed by atoms with Crippen LogP contribution in [0.15, 0.2) is 77.0 Å². The molecule has 0 aliphatic carbocycles.